The van der Waals surface area contributed by atoms with Crippen molar-refractivity contribution in [3.8, 4) is 0 Å². The summed E-state index contributed by atoms with van der Waals surface area (Å²) in [5.41, 5.74) is 0.562. The van der Waals surface area contributed by atoms with Crippen LogP contribution in [0.5, 0.6) is 0 Å². The number of carbonyl (C=O) groups is 1. The van der Waals surface area contributed by atoms with Crippen molar-refractivity contribution >= 4 is 21.6 Å². The van der Waals surface area contributed by atoms with E-state index in [1.165, 1.54) is 49.2 Å². The van der Waals surface area contributed by atoms with E-state index in [4.69, 9.17) is 0 Å². The standard InChI is InChI=1S/C20H24FN3O3S/c1-23(13-14-24-11-2-3-12-24)20(25)16-5-4-6-19(15-16)28(26,27)22-18-9-7-17(21)8-10-18/h4-10,15,22H,2-3,11-14H2,1H3. The minimum Gasteiger partial charge on any atom is -0.340 e. The molecule has 1 fully saturated rings. The summed E-state index contributed by atoms with van der Waals surface area (Å²) < 4.78 is 40.6. The van der Waals surface area contributed by atoms with Gasteiger partial charge in [-0.05, 0) is 68.4 Å². The van der Waals surface area contributed by atoms with Gasteiger partial charge in [-0.15, -0.1) is 0 Å². The maximum Gasteiger partial charge on any atom is 0.261 e. The first-order valence-corrected chi connectivity index (χ1v) is 10.7. The summed E-state index contributed by atoms with van der Waals surface area (Å²) in [6.45, 7) is 3.52. The summed E-state index contributed by atoms with van der Waals surface area (Å²) in [4.78, 5) is 16.6. The Morgan fingerprint density at radius 3 is 2.50 bits per heavy atom. The SMILES string of the molecule is CN(CCN1CCCC1)C(=O)c1cccc(S(=O)(=O)Nc2ccc(F)cc2)c1. The number of carbonyl (C=O) groups excluding carboxylic acids is 1. The summed E-state index contributed by atoms with van der Waals surface area (Å²) in [6, 6.07) is 11.0. The van der Waals surface area contributed by atoms with Crippen LogP contribution in [0.4, 0.5) is 10.1 Å². The highest BCUT2D eigenvalue weighted by Crippen LogP contribution is 2.18. The van der Waals surface area contributed by atoms with E-state index >= 15 is 0 Å². The Hall–Kier alpha value is -2.45. The van der Waals surface area contributed by atoms with Crippen molar-refractivity contribution in [1.29, 1.82) is 0 Å². The molecule has 0 aliphatic carbocycles. The molecule has 0 saturated carbocycles. The Kier molecular flexibility index (Phi) is 6.31. The number of likely N-dealkylation sites (N-methyl/N-ethyl adjacent to an activating group) is 1. The van der Waals surface area contributed by atoms with Crippen LogP contribution in [-0.4, -0.2) is 57.4 Å². The van der Waals surface area contributed by atoms with Crippen LogP contribution in [0.1, 0.15) is 23.2 Å². The molecule has 0 unspecified atom stereocenters. The van der Waals surface area contributed by atoms with Gasteiger partial charge in [0.25, 0.3) is 15.9 Å². The van der Waals surface area contributed by atoms with Crippen LogP contribution >= 0.6 is 0 Å². The Labute approximate surface area is 165 Å². The summed E-state index contributed by atoms with van der Waals surface area (Å²) in [6.07, 6.45) is 2.39. The van der Waals surface area contributed by atoms with E-state index in [0.717, 1.165) is 19.6 Å². The first-order chi connectivity index (χ1) is 13.3. The molecule has 1 amide bonds. The molecule has 28 heavy (non-hydrogen) atoms. The molecule has 1 heterocycles. The smallest absolute Gasteiger partial charge is 0.261 e. The fourth-order valence-corrected chi connectivity index (χ4v) is 4.25. The first-order valence-electron chi connectivity index (χ1n) is 9.21. The first kappa shape index (κ1) is 20.3. The zero-order valence-electron chi connectivity index (χ0n) is 15.8. The zero-order valence-corrected chi connectivity index (χ0v) is 16.6. The minimum absolute atomic E-state index is 0.0179. The molecule has 1 N–H and O–H groups in total. The third-order valence-corrected chi connectivity index (χ3v) is 6.16. The number of nitrogens with one attached hydrogen (secondary N) is 1. The summed E-state index contributed by atoms with van der Waals surface area (Å²) in [5, 5.41) is 0. The molecule has 3 rings (SSSR count). The van der Waals surface area contributed by atoms with Gasteiger partial charge in [-0.1, -0.05) is 6.07 Å². The third-order valence-electron chi connectivity index (χ3n) is 4.78. The van der Waals surface area contributed by atoms with E-state index < -0.39 is 15.8 Å². The van der Waals surface area contributed by atoms with Gasteiger partial charge < -0.3 is 9.80 Å². The number of nitrogens with zero attached hydrogens (tertiary/aromatic N) is 2. The fraction of sp³-hybridized carbons (Fsp3) is 0.350. The summed E-state index contributed by atoms with van der Waals surface area (Å²) in [7, 11) is -2.17. The highest BCUT2D eigenvalue weighted by atomic mass is 32.2. The van der Waals surface area contributed by atoms with Crippen molar-refractivity contribution in [3.05, 3.63) is 59.9 Å². The average molecular weight is 405 g/mol. The molecular weight excluding hydrogens is 381 g/mol. The summed E-state index contributed by atoms with van der Waals surface area (Å²) >= 11 is 0. The van der Waals surface area contributed by atoms with Crippen molar-refractivity contribution in [1.82, 2.24) is 9.80 Å². The van der Waals surface area contributed by atoms with Gasteiger partial charge in [0.1, 0.15) is 5.82 Å². The number of benzene rings is 2. The molecule has 150 valence electrons. The second-order valence-electron chi connectivity index (χ2n) is 6.92. The molecule has 6 nitrogen and oxygen atoms in total. The number of sulfonamides is 1. The Bertz CT molecular complexity index is 926. The van der Waals surface area contributed by atoms with Crippen molar-refractivity contribution in [2.75, 3.05) is 37.9 Å². The average Bonchev–Trinajstić information content (AvgIpc) is 3.21. The van der Waals surface area contributed by atoms with Crippen LogP contribution in [0.3, 0.4) is 0 Å². The number of anilines is 1. The van der Waals surface area contributed by atoms with Gasteiger partial charge in [0.05, 0.1) is 4.90 Å². The van der Waals surface area contributed by atoms with Gasteiger partial charge >= 0.3 is 0 Å². The van der Waals surface area contributed by atoms with Gasteiger partial charge in [0.15, 0.2) is 0 Å². The maximum absolute atomic E-state index is 13.0. The largest absolute Gasteiger partial charge is 0.340 e. The second kappa shape index (κ2) is 8.70. The molecule has 0 aromatic heterocycles. The number of hydrogen-bond acceptors (Lipinski definition) is 4. The van der Waals surface area contributed by atoms with Crippen LogP contribution in [0.25, 0.3) is 0 Å². The van der Waals surface area contributed by atoms with E-state index in [2.05, 4.69) is 9.62 Å². The predicted octanol–water partition coefficient (Wildman–Crippen LogP) is 2.79. The molecule has 1 saturated heterocycles. The number of halogens is 1. The van der Waals surface area contributed by atoms with E-state index in [-0.39, 0.29) is 16.5 Å². The molecule has 0 radical (unpaired) electrons. The highest BCUT2D eigenvalue weighted by molar-refractivity contribution is 7.92. The predicted molar refractivity (Wildman–Crippen MR) is 106 cm³/mol. The van der Waals surface area contributed by atoms with Crippen molar-refractivity contribution < 1.29 is 17.6 Å². The maximum atomic E-state index is 13.0. The Morgan fingerprint density at radius 1 is 1.14 bits per heavy atom. The number of amides is 1. The van der Waals surface area contributed by atoms with E-state index in [1.54, 1.807) is 24.1 Å². The number of hydrogen-bond donors (Lipinski definition) is 1. The van der Waals surface area contributed by atoms with Gasteiger partial charge in [0, 0.05) is 31.4 Å². The monoisotopic (exact) mass is 405 g/mol. The lowest BCUT2D eigenvalue weighted by Gasteiger charge is -2.21. The number of rotatable bonds is 7. The molecule has 0 atom stereocenters. The van der Waals surface area contributed by atoms with Crippen molar-refractivity contribution in [2.45, 2.75) is 17.7 Å². The lowest BCUT2D eigenvalue weighted by atomic mass is 10.2. The molecule has 2 aromatic carbocycles. The Morgan fingerprint density at radius 2 is 1.82 bits per heavy atom. The molecule has 0 bridgehead atoms. The van der Waals surface area contributed by atoms with Crippen LogP contribution in [0, 0.1) is 5.82 Å². The van der Waals surface area contributed by atoms with E-state index in [9.17, 15) is 17.6 Å². The lowest BCUT2D eigenvalue weighted by Crippen LogP contribution is -2.35. The lowest BCUT2D eigenvalue weighted by molar-refractivity contribution is 0.0782. The molecular formula is C20H24FN3O3S. The molecule has 0 spiro atoms. The summed E-state index contributed by atoms with van der Waals surface area (Å²) in [5.74, 6) is -0.675. The normalized spacial score (nSPS) is 14.8. The van der Waals surface area contributed by atoms with Crippen LogP contribution in [-0.2, 0) is 10.0 Å². The second-order valence-corrected chi connectivity index (χ2v) is 8.60. The molecule has 1 aliphatic rings. The highest BCUT2D eigenvalue weighted by Gasteiger charge is 2.19. The van der Waals surface area contributed by atoms with E-state index in [1.807, 2.05) is 0 Å². The molecule has 1 aliphatic heterocycles. The topological polar surface area (TPSA) is 69.7 Å². The quantitative estimate of drug-likeness (QED) is 0.769. The minimum atomic E-state index is -3.88. The van der Waals surface area contributed by atoms with Crippen molar-refractivity contribution in [3.63, 3.8) is 0 Å². The number of likely N-dealkylation sites (tertiary alicyclic amines) is 1. The molecule has 2 aromatic rings. The van der Waals surface area contributed by atoms with Gasteiger partial charge in [-0.3, -0.25) is 9.52 Å². The molecule has 8 heteroatoms. The van der Waals surface area contributed by atoms with Gasteiger partial charge in [0.2, 0.25) is 0 Å². The fourth-order valence-electron chi connectivity index (χ4n) is 3.15. The third kappa shape index (κ3) is 5.08. The van der Waals surface area contributed by atoms with Crippen LogP contribution in [0.2, 0.25) is 0 Å². The van der Waals surface area contributed by atoms with Crippen molar-refractivity contribution in [2.24, 2.45) is 0 Å². The van der Waals surface area contributed by atoms with Gasteiger partial charge in [-0.25, -0.2) is 12.8 Å². The van der Waals surface area contributed by atoms with Crippen LogP contribution < -0.4 is 4.72 Å². The van der Waals surface area contributed by atoms with E-state index in [0.29, 0.717) is 12.1 Å². The zero-order chi connectivity index (χ0) is 20.1. The van der Waals surface area contributed by atoms with Crippen LogP contribution in [0.15, 0.2) is 53.4 Å². The van der Waals surface area contributed by atoms with Gasteiger partial charge in [-0.2, -0.15) is 0 Å². The Balaban J connectivity index is 1.69.